The van der Waals surface area contributed by atoms with Gasteiger partial charge in [0, 0.05) is 58.9 Å². The number of carbonyl (C=O) groups excluding carboxylic acids is 2. The van der Waals surface area contributed by atoms with Crippen LogP contribution in [0.1, 0.15) is 72.2 Å². The number of aryl methyl sites for hydroxylation is 6. The summed E-state index contributed by atoms with van der Waals surface area (Å²) >= 11 is 13.5. The molecule has 53 heavy (non-hydrogen) atoms. The topological polar surface area (TPSA) is 83.5 Å². The van der Waals surface area contributed by atoms with Crippen molar-refractivity contribution < 1.29 is 19.1 Å². The standard InChI is InChI=1S/C42H45Cl2N5O4/c1-24-22-28(23-25(2)37(24)44)52-21-10-12-29-30-15-16-32(43)36(35-26(3)45-46(8)27(35)4)38(30)49-19-11-18-47(40(50)39(29)49)33-13-9-14-34-31(33)17-20-48(34)41(51)53-42(5,6)7/h9,13-17,20,22-23H,10-12,18-19,21H2,1-8H3. The first kappa shape index (κ1) is 36.6. The fourth-order valence-corrected chi connectivity index (χ4v) is 8.07. The number of amides is 1. The van der Waals surface area contributed by atoms with Crippen molar-refractivity contribution in [2.75, 3.05) is 18.1 Å². The second kappa shape index (κ2) is 13.9. The predicted octanol–water partition coefficient (Wildman–Crippen LogP) is 10.4. The Morgan fingerprint density at radius 2 is 1.68 bits per heavy atom. The summed E-state index contributed by atoms with van der Waals surface area (Å²) < 4.78 is 17.5. The number of rotatable bonds is 7. The highest BCUT2D eigenvalue weighted by atomic mass is 35.5. The van der Waals surface area contributed by atoms with Gasteiger partial charge in [0.15, 0.2) is 0 Å². The molecule has 0 N–H and O–H groups in total. The molecule has 6 aromatic rings. The third-order valence-corrected chi connectivity index (χ3v) is 11.0. The summed E-state index contributed by atoms with van der Waals surface area (Å²) in [6.07, 6.45) is 3.24. The first-order valence-corrected chi connectivity index (χ1v) is 18.8. The minimum Gasteiger partial charge on any atom is -0.494 e. The van der Waals surface area contributed by atoms with Crippen LogP contribution in [0.15, 0.2) is 54.7 Å². The fourth-order valence-electron chi connectivity index (χ4n) is 7.72. The summed E-state index contributed by atoms with van der Waals surface area (Å²) in [4.78, 5) is 30.2. The molecule has 0 spiro atoms. The Labute approximate surface area is 320 Å². The highest BCUT2D eigenvalue weighted by Crippen LogP contribution is 2.43. The second-order valence-electron chi connectivity index (χ2n) is 15.0. The number of fused-ring (bicyclic) bond motifs is 4. The Kier molecular flexibility index (Phi) is 9.62. The maximum absolute atomic E-state index is 15.1. The van der Waals surface area contributed by atoms with E-state index >= 15 is 4.79 Å². The molecule has 0 saturated heterocycles. The van der Waals surface area contributed by atoms with Crippen LogP contribution in [0, 0.1) is 27.7 Å². The van der Waals surface area contributed by atoms with Gasteiger partial charge in [-0.25, -0.2) is 4.79 Å². The van der Waals surface area contributed by atoms with E-state index in [1.807, 2.05) is 114 Å². The van der Waals surface area contributed by atoms with Crippen LogP contribution in [0.4, 0.5) is 10.5 Å². The summed E-state index contributed by atoms with van der Waals surface area (Å²) in [7, 11) is 1.94. The van der Waals surface area contributed by atoms with Gasteiger partial charge < -0.3 is 18.9 Å². The molecule has 3 aromatic heterocycles. The number of nitrogens with zero attached hydrogens (tertiary/aromatic N) is 5. The van der Waals surface area contributed by atoms with Gasteiger partial charge in [-0.2, -0.15) is 5.10 Å². The number of benzene rings is 3. The number of halogens is 2. The van der Waals surface area contributed by atoms with E-state index in [9.17, 15) is 4.79 Å². The van der Waals surface area contributed by atoms with E-state index in [0.29, 0.717) is 55.2 Å². The van der Waals surface area contributed by atoms with Crippen molar-refractivity contribution in [1.82, 2.24) is 18.9 Å². The predicted molar refractivity (Wildman–Crippen MR) is 213 cm³/mol. The Morgan fingerprint density at radius 1 is 0.943 bits per heavy atom. The van der Waals surface area contributed by atoms with Gasteiger partial charge in [0.2, 0.25) is 0 Å². The normalized spacial score (nSPS) is 13.5. The zero-order chi connectivity index (χ0) is 37.9. The highest BCUT2D eigenvalue weighted by molar-refractivity contribution is 6.35. The SMILES string of the molecule is Cc1cc(OCCCc2c3n(c4c(-c5c(C)nn(C)c5C)c(Cl)ccc24)CCCN(c2cccc4c2ccn4C(=O)OC(C)(C)C)C3=O)cc(C)c1Cl. The molecule has 276 valence electrons. The van der Waals surface area contributed by atoms with Crippen molar-refractivity contribution in [1.29, 1.82) is 0 Å². The fraction of sp³-hybridized carbons (Fsp3) is 0.357. The van der Waals surface area contributed by atoms with Gasteiger partial charge in [-0.3, -0.25) is 14.0 Å². The van der Waals surface area contributed by atoms with E-state index in [1.54, 1.807) is 6.20 Å². The Bertz CT molecular complexity index is 2410. The summed E-state index contributed by atoms with van der Waals surface area (Å²) in [5, 5.41) is 7.87. The molecule has 0 atom stereocenters. The average molecular weight is 755 g/mol. The number of hydrogen-bond acceptors (Lipinski definition) is 5. The maximum Gasteiger partial charge on any atom is 0.418 e. The lowest BCUT2D eigenvalue weighted by atomic mass is 9.98. The van der Waals surface area contributed by atoms with Crippen LogP contribution in [0.5, 0.6) is 5.75 Å². The first-order valence-electron chi connectivity index (χ1n) is 18.0. The quantitative estimate of drug-likeness (QED) is 0.152. The first-order chi connectivity index (χ1) is 25.2. The van der Waals surface area contributed by atoms with Gasteiger partial charge in [0.25, 0.3) is 5.91 Å². The lowest BCUT2D eigenvalue weighted by Crippen LogP contribution is -2.32. The molecular weight excluding hydrogens is 709 g/mol. The second-order valence-corrected chi connectivity index (χ2v) is 15.8. The molecule has 9 nitrogen and oxygen atoms in total. The van der Waals surface area contributed by atoms with Gasteiger partial charge in [0.05, 0.1) is 34.0 Å². The van der Waals surface area contributed by atoms with E-state index < -0.39 is 11.7 Å². The van der Waals surface area contributed by atoms with Crippen LogP contribution in [0.25, 0.3) is 32.9 Å². The van der Waals surface area contributed by atoms with E-state index in [2.05, 4.69) is 4.57 Å². The van der Waals surface area contributed by atoms with E-state index in [1.165, 1.54) is 4.57 Å². The molecule has 0 saturated carbocycles. The number of hydrogen-bond donors (Lipinski definition) is 0. The maximum atomic E-state index is 15.1. The van der Waals surface area contributed by atoms with Crippen molar-refractivity contribution in [2.24, 2.45) is 7.05 Å². The number of anilines is 1. The van der Waals surface area contributed by atoms with Gasteiger partial charge in [0.1, 0.15) is 17.0 Å². The Morgan fingerprint density at radius 3 is 2.36 bits per heavy atom. The van der Waals surface area contributed by atoms with Crippen LogP contribution >= 0.6 is 23.2 Å². The Hall–Kier alpha value is -4.73. The molecule has 0 radical (unpaired) electrons. The highest BCUT2D eigenvalue weighted by Gasteiger charge is 2.33. The van der Waals surface area contributed by atoms with Crippen molar-refractivity contribution in [2.45, 2.75) is 79.9 Å². The molecule has 4 heterocycles. The van der Waals surface area contributed by atoms with E-state index in [-0.39, 0.29) is 5.91 Å². The molecule has 0 unspecified atom stereocenters. The lowest BCUT2D eigenvalue weighted by molar-refractivity contribution is 0.0544. The minimum atomic E-state index is -0.651. The zero-order valence-electron chi connectivity index (χ0n) is 31.6. The molecule has 7 rings (SSSR count). The molecule has 1 aliphatic rings. The van der Waals surface area contributed by atoms with Crippen LogP contribution in [0.2, 0.25) is 10.0 Å². The smallest absolute Gasteiger partial charge is 0.418 e. The monoisotopic (exact) mass is 753 g/mol. The van der Waals surface area contributed by atoms with E-state index in [4.69, 9.17) is 37.8 Å². The Balaban J connectivity index is 1.34. The third kappa shape index (κ3) is 6.59. The van der Waals surface area contributed by atoms with Gasteiger partial charge >= 0.3 is 6.09 Å². The van der Waals surface area contributed by atoms with Crippen LogP contribution in [-0.4, -0.2) is 49.7 Å². The molecule has 3 aromatic carbocycles. The molecule has 0 aliphatic carbocycles. The summed E-state index contributed by atoms with van der Waals surface area (Å²) in [6, 6.07) is 15.5. The van der Waals surface area contributed by atoms with Crippen molar-refractivity contribution >= 4 is 62.7 Å². The number of aromatic nitrogens is 4. The summed E-state index contributed by atoms with van der Waals surface area (Å²) in [5.74, 6) is 0.674. The molecule has 0 fully saturated rings. The van der Waals surface area contributed by atoms with Crippen molar-refractivity contribution in [3.05, 3.63) is 98.5 Å². The third-order valence-electron chi connectivity index (χ3n) is 10.1. The van der Waals surface area contributed by atoms with Crippen molar-refractivity contribution in [3.8, 4) is 16.9 Å². The summed E-state index contributed by atoms with van der Waals surface area (Å²) in [5.41, 5.74) is 9.00. The summed E-state index contributed by atoms with van der Waals surface area (Å²) in [6.45, 7) is 15.1. The number of ether oxygens (including phenoxy) is 2. The van der Waals surface area contributed by atoms with Gasteiger partial charge in [-0.15, -0.1) is 0 Å². The molecule has 11 heteroatoms. The molecule has 1 amide bonds. The largest absolute Gasteiger partial charge is 0.494 e. The molecule has 1 aliphatic heterocycles. The minimum absolute atomic E-state index is 0.0993. The van der Waals surface area contributed by atoms with Crippen LogP contribution in [-0.2, 0) is 24.8 Å². The van der Waals surface area contributed by atoms with E-state index in [0.717, 1.165) is 72.0 Å². The van der Waals surface area contributed by atoms with Gasteiger partial charge in [-0.05, 0) is 121 Å². The number of carbonyl (C=O) groups is 2. The lowest BCUT2D eigenvalue weighted by Gasteiger charge is -2.23. The molecular formula is C42H45Cl2N5O4. The molecule has 0 bridgehead atoms. The average Bonchev–Trinajstić information content (AvgIpc) is 3.70. The van der Waals surface area contributed by atoms with Crippen LogP contribution in [0.3, 0.4) is 0 Å². The van der Waals surface area contributed by atoms with Gasteiger partial charge in [-0.1, -0.05) is 35.3 Å². The van der Waals surface area contributed by atoms with Crippen molar-refractivity contribution in [3.63, 3.8) is 0 Å². The zero-order valence-corrected chi connectivity index (χ0v) is 33.1. The van der Waals surface area contributed by atoms with Crippen LogP contribution < -0.4 is 9.64 Å².